The van der Waals surface area contributed by atoms with E-state index in [1.54, 1.807) is 6.08 Å². The normalized spacial score (nSPS) is 14.5. The minimum absolute atomic E-state index is 0.0618. The van der Waals surface area contributed by atoms with Crippen LogP contribution < -0.4 is 5.32 Å². The van der Waals surface area contributed by atoms with Crippen molar-refractivity contribution in [3.05, 3.63) is 24.3 Å². The second-order valence-corrected chi connectivity index (χ2v) is 18.6. The molecule has 0 spiro atoms. The number of hydrogen-bond acceptors (Lipinski definition) is 5. The molecule has 326 valence electrons. The maximum atomic E-state index is 12.9. The van der Waals surface area contributed by atoms with Gasteiger partial charge in [-0.2, -0.15) is 0 Å². The molecule has 8 nitrogen and oxygen atoms in total. The molecule has 0 fully saturated rings. The molecular weight excluding hydrogens is 707 g/mol. The Morgan fingerprint density at radius 2 is 0.982 bits per heavy atom. The molecule has 0 aliphatic rings. The Morgan fingerprint density at radius 3 is 1.42 bits per heavy atom. The number of aliphatic hydroxyl groups is 1. The largest absolute Gasteiger partial charge is 0.472 e. The standard InChI is InChI=1S/C46H91N2O6P/c1-6-8-10-12-14-16-18-20-22-23-24-26-27-29-31-33-35-37-39-45(49)44(43-54-55(51,52)53-42-41-48(3,4)5)47-46(50)40-38-36-34-32-30-28-25-21-19-17-15-13-11-9-7-2/h17,19,37,39,44-45,49H,6-16,18,20-36,38,40-43H2,1-5H3,(H-,47,50,51,52)/p+1/b19-17-,39-37+. The van der Waals surface area contributed by atoms with E-state index in [0.29, 0.717) is 17.4 Å². The van der Waals surface area contributed by atoms with Crippen LogP contribution in [0.5, 0.6) is 0 Å². The number of hydrogen-bond donors (Lipinski definition) is 3. The van der Waals surface area contributed by atoms with Gasteiger partial charge in [0.2, 0.25) is 5.91 Å². The Labute approximate surface area is 341 Å². The number of carbonyl (C=O) groups excluding carboxylic acids is 1. The third-order valence-corrected chi connectivity index (χ3v) is 11.4. The van der Waals surface area contributed by atoms with Gasteiger partial charge in [-0.1, -0.05) is 186 Å². The zero-order valence-electron chi connectivity index (χ0n) is 36.9. The van der Waals surface area contributed by atoms with E-state index in [-0.39, 0.29) is 19.1 Å². The molecule has 0 aliphatic carbocycles. The van der Waals surface area contributed by atoms with Crippen LogP contribution in [0.25, 0.3) is 0 Å². The van der Waals surface area contributed by atoms with Gasteiger partial charge >= 0.3 is 7.82 Å². The number of nitrogens with zero attached hydrogens (tertiary/aromatic N) is 1. The molecule has 1 amide bonds. The first-order valence-corrected chi connectivity index (χ1v) is 24.7. The van der Waals surface area contributed by atoms with E-state index in [0.717, 1.165) is 38.5 Å². The molecule has 3 unspecified atom stereocenters. The fourth-order valence-corrected chi connectivity index (χ4v) is 7.42. The summed E-state index contributed by atoms with van der Waals surface area (Å²) in [5.41, 5.74) is 0. The number of amides is 1. The lowest BCUT2D eigenvalue weighted by atomic mass is 10.0. The molecule has 0 aromatic rings. The lowest BCUT2D eigenvalue weighted by Gasteiger charge is -2.25. The fourth-order valence-electron chi connectivity index (χ4n) is 6.68. The highest BCUT2D eigenvalue weighted by molar-refractivity contribution is 7.47. The van der Waals surface area contributed by atoms with Gasteiger partial charge < -0.3 is 19.8 Å². The van der Waals surface area contributed by atoms with Crippen LogP contribution in [0.2, 0.25) is 0 Å². The molecule has 0 bridgehead atoms. The second kappa shape index (κ2) is 38.5. The number of quaternary nitrogens is 1. The molecule has 3 N–H and O–H groups in total. The van der Waals surface area contributed by atoms with Crippen molar-refractivity contribution in [3.8, 4) is 0 Å². The van der Waals surface area contributed by atoms with E-state index in [4.69, 9.17) is 9.05 Å². The van der Waals surface area contributed by atoms with Crippen LogP contribution in [-0.2, 0) is 18.4 Å². The van der Waals surface area contributed by atoms with Crippen molar-refractivity contribution in [2.45, 2.75) is 225 Å². The Morgan fingerprint density at radius 1 is 0.600 bits per heavy atom. The highest BCUT2D eigenvalue weighted by Gasteiger charge is 2.27. The van der Waals surface area contributed by atoms with Crippen LogP contribution in [0.4, 0.5) is 0 Å². The Hall–Kier alpha value is -1.02. The van der Waals surface area contributed by atoms with Crippen LogP contribution in [0.3, 0.4) is 0 Å². The summed E-state index contributed by atoms with van der Waals surface area (Å²) in [4.78, 5) is 23.1. The van der Waals surface area contributed by atoms with Gasteiger partial charge in [0.1, 0.15) is 13.2 Å². The van der Waals surface area contributed by atoms with Crippen molar-refractivity contribution in [1.82, 2.24) is 5.32 Å². The van der Waals surface area contributed by atoms with Gasteiger partial charge in [0.25, 0.3) is 0 Å². The zero-order chi connectivity index (χ0) is 40.7. The zero-order valence-corrected chi connectivity index (χ0v) is 37.8. The van der Waals surface area contributed by atoms with E-state index in [2.05, 4.69) is 31.3 Å². The topological polar surface area (TPSA) is 105 Å². The second-order valence-electron chi connectivity index (χ2n) is 17.1. The van der Waals surface area contributed by atoms with Crippen molar-refractivity contribution in [3.63, 3.8) is 0 Å². The van der Waals surface area contributed by atoms with Gasteiger partial charge in [-0.25, -0.2) is 4.57 Å². The van der Waals surface area contributed by atoms with Gasteiger partial charge in [0.15, 0.2) is 0 Å². The van der Waals surface area contributed by atoms with Crippen molar-refractivity contribution in [1.29, 1.82) is 0 Å². The summed E-state index contributed by atoms with van der Waals surface area (Å²) in [6, 6.07) is -0.845. The molecule has 0 aromatic heterocycles. The number of rotatable bonds is 42. The van der Waals surface area contributed by atoms with Crippen molar-refractivity contribution in [2.75, 3.05) is 40.9 Å². The van der Waals surface area contributed by atoms with Gasteiger partial charge in [0.05, 0.1) is 39.9 Å². The number of aliphatic hydroxyl groups excluding tert-OH is 1. The van der Waals surface area contributed by atoms with E-state index in [9.17, 15) is 19.4 Å². The number of phosphoric ester groups is 1. The molecule has 0 radical (unpaired) electrons. The van der Waals surface area contributed by atoms with E-state index < -0.39 is 20.0 Å². The number of allylic oxidation sites excluding steroid dienone is 3. The Kier molecular flexibility index (Phi) is 37.8. The van der Waals surface area contributed by atoms with E-state index in [1.165, 1.54) is 154 Å². The molecule has 0 heterocycles. The summed E-state index contributed by atoms with van der Waals surface area (Å²) in [6.07, 6.45) is 45.2. The molecule has 3 atom stereocenters. The number of carbonyl (C=O) groups is 1. The first-order chi connectivity index (χ1) is 26.5. The summed E-state index contributed by atoms with van der Waals surface area (Å²) >= 11 is 0. The summed E-state index contributed by atoms with van der Waals surface area (Å²) in [6.45, 7) is 4.81. The highest BCUT2D eigenvalue weighted by atomic mass is 31.2. The summed E-state index contributed by atoms with van der Waals surface area (Å²) in [7, 11) is 1.57. The highest BCUT2D eigenvalue weighted by Crippen LogP contribution is 2.43. The van der Waals surface area contributed by atoms with Gasteiger partial charge in [-0.05, 0) is 44.9 Å². The number of unbranched alkanes of at least 4 members (excludes halogenated alkanes) is 27. The average molecular weight is 800 g/mol. The molecule has 0 aliphatic heterocycles. The predicted molar refractivity (Wildman–Crippen MR) is 235 cm³/mol. The van der Waals surface area contributed by atoms with Crippen molar-refractivity contribution < 1.29 is 32.9 Å². The minimum atomic E-state index is -4.34. The maximum absolute atomic E-state index is 12.9. The Bertz CT molecular complexity index is 953. The monoisotopic (exact) mass is 800 g/mol. The smallest absolute Gasteiger partial charge is 0.387 e. The number of phosphoric acid groups is 1. The first-order valence-electron chi connectivity index (χ1n) is 23.2. The number of nitrogens with one attached hydrogen (secondary N) is 1. The predicted octanol–water partition coefficient (Wildman–Crippen LogP) is 12.9. The molecule has 0 aromatic carbocycles. The first kappa shape index (κ1) is 54.0. The van der Waals surface area contributed by atoms with Crippen LogP contribution in [0.15, 0.2) is 24.3 Å². The number of likely N-dealkylation sites (N-methyl/N-ethyl adjacent to an activating group) is 1. The quantitative estimate of drug-likeness (QED) is 0.0246. The lowest BCUT2D eigenvalue weighted by Crippen LogP contribution is -2.45. The summed E-state index contributed by atoms with van der Waals surface area (Å²) in [5, 5.41) is 13.8. The Balaban J connectivity index is 4.39. The fraction of sp³-hybridized carbons (Fsp3) is 0.891. The van der Waals surface area contributed by atoms with Crippen LogP contribution in [0, 0.1) is 0 Å². The maximum Gasteiger partial charge on any atom is 0.472 e. The van der Waals surface area contributed by atoms with Crippen molar-refractivity contribution in [2.24, 2.45) is 0 Å². The molecule has 9 heteroatoms. The summed E-state index contributed by atoms with van der Waals surface area (Å²) < 4.78 is 23.6. The molecule has 55 heavy (non-hydrogen) atoms. The average Bonchev–Trinajstić information content (AvgIpc) is 3.13. The third-order valence-electron chi connectivity index (χ3n) is 10.4. The molecule has 0 saturated carbocycles. The minimum Gasteiger partial charge on any atom is -0.387 e. The molecular formula is C46H92N2O6P+. The van der Waals surface area contributed by atoms with Crippen LogP contribution in [-0.4, -0.2) is 73.4 Å². The van der Waals surface area contributed by atoms with Crippen molar-refractivity contribution >= 4 is 13.7 Å². The van der Waals surface area contributed by atoms with Gasteiger partial charge in [-0.3, -0.25) is 13.8 Å². The van der Waals surface area contributed by atoms with E-state index in [1.807, 2.05) is 27.2 Å². The van der Waals surface area contributed by atoms with Gasteiger partial charge in [0, 0.05) is 6.42 Å². The van der Waals surface area contributed by atoms with Gasteiger partial charge in [-0.15, -0.1) is 0 Å². The molecule has 0 rings (SSSR count). The van der Waals surface area contributed by atoms with E-state index >= 15 is 0 Å². The SMILES string of the molecule is CCCCCC/C=C\CCCCCCCCCC(=O)NC(COP(=O)(O)OCC[N+](C)(C)C)C(O)/C=C/CCCCCCCCCCCCCCCCCC. The third kappa shape index (κ3) is 41.0. The van der Waals surface area contributed by atoms with Crippen LogP contribution in [0.1, 0.15) is 213 Å². The van der Waals surface area contributed by atoms with Crippen LogP contribution >= 0.6 is 7.82 Å². The lowest BCUT2D eigenvalue weighted by molar-refractivity contribution is -0.870. The molecule has 0 saturated heterocycles. The summed E-state index contributed by atoms with van der Waals surface area (Å²) in [5.74, 6) is -0.181.